The summed E-state index contributed by atoms with van der Waals surface area (Å²) in [5.74, 6) is 2.09. The van der Waals surface area contributed by atoms with Crippen molar-refractivity contribution in [2.24, 2.45) is 0 Å². The minimum atomic E-state index is 0.673. The van der Waals surface area contributed by atoms with E-state index in [0.29, 0.717) is 17.3 Å². The molecule has 0 saturated carbocycles. The van der Waals surface area contributed by atoms with Crippen LogP contribution in [0.4, 0.5) is 0 Å². The molecule has 0 saturated heterocycles. The first-order valence-electron chi connectivity index (χ1n) is 5.50. The van der Waals surface area contributed by atoms with Gasteiger partial charge in [0.15, 0.2) is 17.3 Å². The predicted molar refractivity (Wildman–Crippen MR) is 70.5 cm³/mol. The molecule has 0 aliphatic carbocycles. The van der Waals surface area contributed by atoms with Crippen LogP contribution in [0.25, 0.3) is 12.2 Å². The van der Waals surface area contributed by atoms with E-state index in [0.717, 1.165) is 5.56 Å². The Bertz CT molecular complexity index is 539. The van der Waals surface area contributed by atoms with Crippen molar-refractivity contribution in [2.45, 2.75) is 0 Å². The zero-order valence-electron chi connectivity index (χ0n) is 10.3. The molecule has 0 spiro atoms. The minimum Gasteiger partial charge on any atom is -0.493 e. The van der Waals surface area contributed by atoms with E-state index in [2.05, 4.69) is 9.97 Å². The highest BCUT2D eigenvalue weighted by molar-refractivity contribution is 5.68. The summed E-state index contributed by atoms with van der Waals surface area (Å²) in [5.41, 5.74) is 1.00. The summed E-state index contributed by atoms with van der Waals surface area (Å²) in [4.78, 5) is 8.23. The van der Waals surface area contributed by atoms with Gasteiger partial charge in [-0.15, -0.1) is 0 Å². The fourth-order valence-corrected chi connectivity index (χ4v) is 1.52. The molecule has 0 fully saturated rings. The Balaban J connectivity index is 2.22. The van der Waals surface area contributed by atoms with Gasteiger partial charge in [-0.3, -0.25) is 0 Å². The molecule has 92 valence electrons. The first kappa shape index (κ1) is 12.1. The van der Waals surface area contributed by atoms with E-state index >= 15 is 0 Å². The maximum absolute atomic E-state index is 5.24. The molecule has 18 heavy (non-hydrogen) atoms. The van der Waals surface area contributed by atoms with E-state index < -0.39 is 0 Å². The van der Waals surface area contributed by atoms with Gasteiger partial charge in [0.1, 0.15) is 0 Å². The van der Waals surface area contributed by atoms with Crippen molar-refractivity contribution in [3.8, 4) is 11.5 Å². The summed E-state index contributed by atoms with van der Waals surface area (Å²) >= 11 is 0. The predicted octanol–water partition coefficient (Wildman–Crippen LogP) is 2.66. The average molecular weight is 242 g/mol. The molecule has 0 amide bonds. The van der Waals surface area contributed by atoms with Crippen molar-refractivity contribution in [2.75, 3.05) is 14.2 Å². The van der Waals surface area contributed by atoms with Gasteiger partial charge >= 0.3 is 0 Å². The van der Waals surface area contributed by atoms with Gasteiger partial charge in [-0.1, -0.05) is 12.1 Å². The zero-order valence-corrected chi connectivity index (χ0v) is 10.3. The lowest BCUT2D eigenvalue weighted by molar-refractivity contribution is 0.355. The Kier molecular flexibility index (Phi) is 3.91. The monoisotopic (exact) mass is 242 g/mol. The molecule has 0 N–H and O–H groups in total. The molecule has 0 aliphatic rings. The number of rotatable bonds is 4. The van der Waals surface area contributed by atoms with Crippen LogP contribution in [0.5, 0.6) is 11.5 Å². The molecule has 0 bridgehead atoms. The van der Waals surface area contributed by atoms with Crippen LogP contribution < -0.4 is 9.47 Å². The van der Waals surface area contributed by atoms with Gasteiger partial charge in [-0.25, -0.2) is 9.97 Å². The van der Waals surface area contributed by atoms with Crippen molar-refractivity contribution in [3.05, 3.63) is 48.0 Å². The molecule has 4 heteroatoms. The quantitative estimate of drug-likeness (QED) is 0.826. The summed E-state index contributed by atoms with van der Waals surface area (Å²) in [6.45, 7) is 0. The van der Waals surface area contributed by atoms with Crippen molar-refractivity contribution < 1.29 is 9.47 Å². The number of ether oxygens (including phenoxy) is 2. The Morgan fingerprint density at radius 1 is 0.944 bits per heavy atom. The first-order chi connectivity index (χ1) is 8.83. The molecule has 0 atom stereocenters. The molecule has 0 unspecified atom stereocenters. The second-order valence-electron chi connectivity index (χ2n) is 3.55. The van der Waals surface area contributed by atoms with E-state index in [4.69, 9.17) is 9.47 Å². The maximum Gasteiger partial charge on any atom is 0.161 e. The van der Waals surface area contributed by atoms with Gasteiger partial charge in [0.2, 0.25) is 0 Å². The zero-order chi connectivity index (χ0) is 12.8. The second-order valence-corrected chi connectivity index (χ2v) is 3.55. The molecule has 2 aromatic rings. The lowest BCUT2D eigenvalue weighted by atomic mass is 10.2. The highest BCUT2D eigenvalue weighted by atomic mass is 16.5. The Morgan fingerprint density at radius 3 is 2.33 bits per heavy atom. The van der Waals surface area contributed by atoms with Gasteiger partial charge in [0.05, 0.1) is 14.2 Å². The molecule has 0 radical (unpaired) electrons. The minimum absolute atomic E-state index is 0.673. The summed E-state index contributed by atoms with van der Waals surface area (Å²) in [6, 6.07) is 7.50. The van der Waals surface area contributed by atoms with E-state index in [1.165, 1.54) is 0 Å². The number of aromatic nitrogens is 2. The van der Waals surface area contributed by atoms with Gasteiger partial charge in [0, 0.05) is 12.4 Å². The maximum atomic E-state index is 5.24. The smallest absolute Gasteiger partial charge is 0.161 e. The fourth-order valence-electron chi connectivity index (χ4n) is 1.52. The topological polar surface area (TPSA) is 44.2 Å². The number of benzene rings is 1. The SMILES string of the molecule is COc1ccc(/C=C/c2ncccn2)cc1OC. The third-order valence-corrected chi connectivity index (χ3v) is 2.42. The van der Waals surface area contributed by atoms with Crippen LogP contribution in [0, 0.1) is 0 Å². The second kappa shape index (κ2) is 5.82. The molecule has 2 rings (SSSR count). The van der Waals surface area contributed by atoms with Crippen molar-refractivity contribution in [1.29, 1.82) is 0 Å². The number of nitrogens with zero attached hydrogens (tertiary/aromatic N) is 2. The standard InChI is InChI=1S/C14H14N2O2/c1-17-12-6-4-11(10-13(12)18-2)5-7-14-15-8-3-9-16-14/h3-10H,1-2H3/b7-5+. The highest BCUT2D eigenvalue weighted by Gasteiger charge is 2.02. The molecular weight excluding hydrogens is 228 g/mol. The van der Waals surface area contributed by atoms with Crippen LogP contribution in [0.15, 0.2) is 36.7 Å². The fraction of sp³-hybridized carbons (Fsp3) is 0.143. The third-order valence-electron chi connectivity index (χ3n) is 2.42. The molecule has 0 aliphatic heterocycles. The molecule has 1 heterocycles. The van der Waals surface area contributed by atoms with Crippen LogP contribution >= 0.6 is 0 Å². The van der Waals surface area contributed by atoms with Crippen molar-refractivity contribution in [1.82, 2.24) is 9.97 Å². The van der Waals surface area contributed by atoms with Crippen molar-refractivity contribution >= 4 is 12.2 Å². The Morgan fingerprint density at radius 2 is 1.67 bits per heavy atom. The van der Waals surface area contributed by atoms with Gasteiger partial charge < -0.3 is 9.47 Å². The lowest BCUT2D eigenvalue weighted by Gasteiger charge is -2.07. The van der Waals surface area contributed by atoms with Crippen LogP contribution in [-0.4, -0.2) is 24.2 Å². The number of hydrogen-bond donors (Lipinski definition) is 0. The van der Waals surface area contributed by atoms with Gasteiger partial charge in [-0.2, -0.15) is 0 Å². The summed E-state index contributed by atoms with van der Waals surface area (Å²) in [5, 5.41) is 0. The molecule has 1 aromatic heterocycles. The molecular formula is C14H14N2O2. The Labute approximate surface area is 106 Å². The molecule has 4 nitrogen and oxygen atoms in total. The van der Waals surface area contributed by atoms with Crippen LogP contribution in [0.1, 0.15) is 11.4 Å². The van der Waals surface area contributed by atoms with Crippen LogP contribution in [0.2, 0.25) is 0 Å². The van der Waals surface area contributed by atoms with E-state index in [9.17, 15) is 0 Å². The van der Waals surface area contributed by atoms with Crippen LogP contribution in [-0.2, 0) is 0 Å². The average Bonchev–Trinajstić information content (AvgIpc) is 2.45. The summed E-state index contributed by atoms with van der Waals surface area (Å²) in [7, 11) is 3.23. The normalized spacial score (nSPS) is 10.6. The lowest BCUT2D eigenvalue weighted by Crippen LogP contribution is -1.90. The number of methoxy groups -OCH3 is 2. The van der Waals surface area contributed by atoms with E-state index in [1.54, 1.807) is 32.7 Å². The highest BCUT2D eigenvalue weighted by Crippen LogP contribution is 2.28. The van der Waals surface area contributed by atoms with Gasteiger partial charge in [0.25, 0.3) is 0 Å². The number of hydrogen-bond acceptors (Lipinski definition) is 4. The third kappa shape index (κ3) is 2.85. The Hall–Kier alpha value is -2.36. The first-order valence-corrected chi connectivity index (χ1v) is 5.50. The van der Waals surface area contributed by atoms with Crippen molar-refractivity contribution in [3.63, 3.8) is 0 Å². The summed E-state index contributed by atoms with van der Waals surface area (Å²) < 4.78 is 10.4. The van der Waals surface area contributed by atoms with Gasteiger partial charge in [-0.05, 0) is 29.8 Å². The summed E-state index contributed by atoms with van der Waals surface area (Å²) in [6.07, 6.45) is 7.20. The molecule has 1 aromatic carbocycles. The largest absolute Gasteiger partial charge is 0.493 e. The van der Waals surface area contributed by atoms with Crippen LogP contribution in [0.3, 0.4) is 0 Å². The van der Waals surface area contributed by atoms with E-state index in [-0.39, 0.29) is 0 Å². The van der Waals surface area contributed by atoms with E-state index in [1.807, 2.05) is 30.4 Å².